The Labute approximate surface area is 46.2 Å². The maximum absolute atomic E-state index is 2.32. The lowest BCUT2D eigenvalue weighted by Crippen LogP contribution is -2.01. The summed E-state index contributed by atoms with van der Waals surface area (Å²) in [5.41, 5.74) is 2.32. The van der Waals surface area contributed by atoms with Gasteiger partial charge in [-0.2, -0.15) is 0 Å². The van der Waals surface area contributed by atoms with Gasteiger partial charge in [-0.1, -0.05) is 30.5 Å². The van der Waals surface area contributed by atoms with Crippen LogP contribution in [0.1, 0.15) is 0 Å². The summed E-state index contributed by atoms with van der Waals surface area (Å²) in [6.45, 7) is 2.32. The summed E-state index contributed by atoms with van der Waals surface area (Å²) in [4.78, 5) is 0. The molecular weight excluding hydrogens is 100 g/mol. The highest BCUT2D eigenvalue weighted by Crippen LogP contribution is 2.00. The van der Waals surface area contributed by atoms with Crippen molar-refractivity contribution < 1.29 is 0 Å². The third kappa shape index (κ3) is 1.31. The Kier molecular flexibility index (Phi) is 1.47. The van der Waals surface area contributed by atoms with Crippen LogP contribution < -0.4 is 0 Å². The van der Waals surface area contributed by atoms with Gasteiger partial charge in [-0.05, 0) is 6.04 Å². The molecule has 0 aromatic carbocycles. The molecule has 0 aromatic rings. The predicted octanol–water partition coefficient (Wildman–Crippen LogP) is 1.78. The van der Waals surface area contributed by atoms with Crippen molar-refractivity contribution >= 4 is 8.80 Å². The van der Waals surface area contributed by atoms with E-state index in [1.807, 2.05) is 0 Å². The van der Waals surface area contributed by atoms with Gasteiger partial charge in [-0.25, -0.2) is 0 Å². The van der Waals surface area contributed by atoms with E-state index in [2.05, 4.69) is 30.5 Å². The van der Waals surface area contributed by atoms with Crippen molar-refractivity contribution in [1.29, 1.82) is 0 Å². The molecule has 1 heteroatoms. The van der Waals surface area contributed by atoms with Gasteiger partial charge in [0.2, 0.25) is 0 Å². The van der Waals surface area contributed by atoms with Gasteiger partial charge in [0.15, 0.2) is 0 Å². The van der Waals surface area contributed by atoms with Crippen LogP contribution in [-0.4, -0.2) is 8.80 Å². The predicted molar refractivity (Wildman–Crippen MR) is 34.7 cm³/mol. The Balaban J connectivity index is 2.49. The van der Waals surface area contributed by atoms with Gasteiger partial charge in [0.1, 0.15) is 0 Å². The second kappa shape index (κ2) is 2.12. The van der Waals surface area contributed by atoms with Crippen LogP contribution in [0, 0.1) is 0 Å². The minimum atomic E-state index is -0.0604. The number of hydrogen-bond donors (Lipinski definition) is 0. The minimum Gasteiger partial charge on any atom is -0.0961 e. The minimum absolute atomic E-state index is 0.0604. The van der Waals surface area contributed by atoms with Crippen molar-refractivity contribution in [2.45, 2.75) is 12.6 Å². The Morgan fingerprint density at radius 3 is 2.57 bits per heavy atom. The van der Waals surface area contributed by atoms with Crippen LogP contribution >= 0.6 is 0 Å². The van der Waals surface area contributed by atoms with Gasteiger partial charge in [0.25, 0.3) is 0 Å². The van der Waals surface area contributed by atoms with E-state index in [1.165, 1.54) is 6.04 Å². The highest BCUT2D eigenvalue weighted by molar-refractivity contribution is 6.63. The first-order valence-electron chi connectivity index (χ1n) is 2.55. The number of allylic oxidation sites excluding steroid dienone is 3. The lowest BCUT2D eigenvalue weighted by molar-refractivity contribution is 1.60. The average molecular weight is 109 g/mol. The Hall–Kier alpha value is -0.303. The smallest absolute Gasteiger partial charge is 0.0764 e. The zero-order valence-electron chi connectivity index (χ0n) is 4.52. The first kappa shape index (κ1) is 4.85. The second-order valence-corrected chi connectivity index (χ2v) is 4.27. The maximum atomic E-state index is 2.32. The SMILES string of the molecule is C[Si]1C=CC=CC1. The Morgan fingerprint density at radius 1 is 1.43 bits per heavy atom. The Bertz CT molecular complexity index is 103. The summed E-state index contributed by atoms with van der Waals surface area (Å²) in [7, 11) is -0.0604. The third-order valence-electron chi connectivity index (χ3n) is 1.07. The van der Waals surface area contributed by atoms with Crippen LogP contribution in [0.15, 0.2) is 23.9 Å². The van der Waals surface area contributed by atoms with E-state index in [4.69, 9.17) is 0 Å². The van der Waals surface area contributed by atoms with E-state index < -0.39 is 0 Å². The summed E-state index contributed by atoms with van der Waals surface area (Å²) in [5.74, 6) is 0. The van der Waals surface area contributed by atoms with E-state index in [0.29, 0.717) is 0 Å². The molecule has 0 saturated heterocycles. The van der Waals surface area contributed by atoms with Crippen molar-refractivity contribution in [3.63, 3.8) is 0 Å². The molecule has 7 heavy (non-hydrogen) atoms. The summed E-state index contributed by atoms with van der Waals surface area (Å²) in [6.07, 6.45) is 6.52. The molecule has 0 nitrogen and oxygen atoms in total. The normalized spacial score (nSPS) is 20.7. The first-order valence-corrected chi connectivity index (χ1v) is 4.83. The molecule has 0 fully saturated rings. The number of rotatable bonds is 0. The molecular formula is C6H9Si. The van der Waals surface area contributed by atoms with Crippen molar-refractivity contribution in [2.75, 3.05) is 0 Å². The highest BCUT2D eigenvalue weighted by Gasteiger charge is 1.96. The lowest BCUT2D eigenvalue weighted by atomic mass is 10.5. The summed E-state index contributed by atoms with van der Waals surface area (Å²) in [5, 5.41) is 0. The lowest BCUT2D eigenvalue weighted by Gasteiger charge is -1.99. The van der Waals surface area contributed by atoms with Crippen LogP contribution in [0.4, 0.5) is 0 Å². The van der Waals surface area contributed by atoms with Crippen LogP contribution in [0.3, 0.4) is 0 Å². The van der Waals surface area contributed by atoms with E-state index in [9.17, 15) is 0 Å². The van der Waals surface area contributed by atoms with Crippen molar-refractivity contribution in [1.82, 2.24) is 0 Å². The fourth-order valence-electron chi connectivity index (χ4n) is 0.620. The van der Waals surface area contributed by atoms with Gasteiger partial charge in [-0.3, -0.25) is 0 Å². The fraction of sp³-hybridized carbons (Fsp3) is 0.333. The van der Waals surface area contributed by atoms with Gasteiger partial charge in [0, 0.05) is 0 Å². The molecule has 0 atom stereocenters. The molecule has 1 rings (SSSR count). The molecule has 0 amide bonds. The van der Waals surface area contributed by atoms with Gasteiger partial charge in [-0.15, -0.1) is 0 Å². The highest BCUT2D eigenvalue weighted by atomic mass is 28.3. The molecule has 1 aliphatic heterocycles. The molecule has 0 aliphatic carbocycles. The molecule has 37 valence electrons. The van der Waals surface area contributed by atoms with Crippen LogP contribution in [-0.2, 0) is 0 Å². The monoisotopic (exact) mass is 109 g/mol. The van der Waals surface area contributed by atoms with Gasteiger partial charge >= 0.3 is 0 Å². The quantitative estimate of drug-likeness (QED) is 0.416. The van der Waals surface area contributed by atoms with Crippen LogP contribution in [0.25, 0.3) is 0 Å². The zero-order chi connectivity index (χ0) is 5.11. The van der Waals surface area contributed by atoms with E-state index in [-0.39, 0.29) is 8.80 Å². The molecule has 0 N–H and O–H groups in total. The Morgan fingerprint density at radius 2 is 2.29 bits per heavy atom. The first-order chi connectivity index (χ1) is 3.39. The fourth-order valence-corrected chi connectivity index (χ4v) is 1.70. The topological polar surface area (TPSA) is 0 Å². The van der Waals surface area contributed by atoms with Crippen LogP contribution in [0.5, 0.6) is 0 Å². The third-order valence-corrected chi connectivity index (χ3v) is 2.71. The van der Waals surface area contributed by atoms with Crippen molar-refractivity contribution in [3.05, 3.63) is 23.9 Å². The van der Waals surface area contributed by atoms with E-state index in [0.717, 1.165) is 0 Å². The molecule has 0 saturated carbocycles. The summed E-state index contributed by atoms with van der Waals surface area (Å²) >= 11 is 0. The largest absolute Gasteiger partial charge is 0.0961 e. The molecule has 0 bridgehead atoms. The van der Waals surface area contributed by atoms with Crippen molar-refractivity contribution in [2.24, 2.45) is 0 Å². The van der Waals surface area contributed by atoms with E-state index >= 15 is 0 Å². The van der Waals surface area contributed by atoms with Gasteiger partial charge in [0.05, 0.1) is 8.80 Å². The molecule has 0 aromatic heterocycles. The molecule has 0 spiro atoms. The average Bonchev–Trinajstić information content (AvgIpc) is 1.69. The van der Waals surface area contributed by atoms with Crippen molar-refractivity contribution in [3.8, 4) is 0 Å². The summed E-state index contributed by atoms with van der Waals surface area (Å²) < 4.78 is 0. The zero-order valence-corrected chi connectivity index (χ0v) is 5.52. The molecule has 1 radical (unpaired) electrons. The summed E-state index contributed by atoms with van der Waals surface area (Å²) in [6, 6.07) is 1.32. The molecule has 1 heterocycles. The molecule has 1 aliphatic rings. The second-order valence-electron chi connectivity index (χ2n) is 1.84. The standard InChI is InChI=1S/C6H9Si/c1-7-5-3-2-4-6-7/h2-5H,6H2,1H3. The number of hydrogen-bond acceptors (Lipinski definition) is 0. The van der Waals surface area contributed by atoms with E-state index in [1.54, 1.807) is 0 Å². The van der Waals surface area contributed by atoms with Gasteiger partial charge < -0.3 is 0 Å². The van der Waals surface area contributed by atoms with Crippen LogP contribution in [0.2, 0.25) is 12.6 Å². The maximum Gasteiger partial charge on any atom is 0.0764 e. The molecule has 0 unspecified atom stereocenters.